The highest BCUT2D eigenvalue weighted by molar-refractivity contribution is 4.81. The van der Waals surface area contributed by atoms with Crippen molar-refractivity contribution in [1.82, 2.24) is 9.80 Å². The predicted octanol–water partition coefficient (Wildman–Crippen LogP) is 2.55. The monoisotopic (exact) mass is 226 g/mol. The van der Waals surface area contributed by atoms with E-state index in [1.54, 1.807) is 0 Å². The summed E-state index contributed by atoms with van der Waals surface area (Å²) in [7, 11) is 2.22. The lowest BCUT2D eigenvalue weighted by atomic mass is 9.89. The van der Waals surface area contributed by atoms with Crippen molar-refractivity contribution in [2.24, 2.45) is 17.8 Å². The van der Waals surface area contributed by atoms with Crippen LogP contribution in [0.3, 0.4) is 0 Å². The van der Waals surface area contributed by atoms with E-state index in [4.69, 9.17) is 0 Å². The molecule has 0 aromatic carbocycles. The Hall–Kier alpha value is -0.0800. The van der Waals surface area contributed by atoms with Gasteiger partial charge in [0.15, 0.2) is 0 Å². The number of rotatable bonds is 7. The zero-order valence-corrected chi connectivity index (χ0v) is 11.9. The molecule has 1 aliphatic heterocycles. The van der Waals surface area contributed by atoms with Crippen LogP contribution in [0.15, 0.2) is 0 Å². The molecule has 1 fully saturated rings. The Morgan fingerprint density at radius 2 is 1.88 bits per heavy atom. The normalized spacial score (nSPS) is 20.4. The highest BCUT2D eigenvalue weighted by Gasteiger charge is 2.27. The smallest absolute Gasteiger partial charge is 0.00222 e. The van der Waals surface area contributed by atoms with Gasteiger partial charge in [-0.1, -0.05) is 27.7 Å². The average Bonchev–Trinajstić information content (AvgIpc) is 2.13. The van der Waals surface area contributed by atoms with Crippen molar-refractivity contribution in [2.75, 3.05) is 39.8 Å². The Kier molecular flexibility index (Phi) is 5.77. The Morgan fingerprint density at radius 3 is 2.38 bits per heavy atom. The molecule has 1 aliphatic rings. The first-order valence-electron chi connectivity index (χ1n) is 6.92. The maximum absolute atomic E-state index is 2.60. The lowest BCUT2D eigenvalue weighted by Gasteiger charge is -2.41. The molecule has 0 saturated carbocycles. The zero-order chi connectivity index (χ0) is 12.1. The molecule has 0 aromatic heterocycles. The minimum absolute atomic E-state index is 0.824. The highest BCUT2D eigenvalue weighted by Crippen LogP contribution is 2.24. The topological polar surface area (TPSA) is 6.48 Å². The van der Waals surface area contributed by atoms with Gasteiger partial charge in [0, 0.05) is 26.2 Å². The van der Waals surface area contributed by atoms with Crippen LogP contribution in [-0.2, 0) is 0 Å². The lowest BCUT2D eigenvalue weighted by Crippen LogP contribution is -2.48. The molecule has 1 rings (SSSR count). The first-order valence-corrected chi connectivity index (χ1v) is 6.92. The summed E-state index contributed by atoms with van der Waals surface area (Å²) < 4.78 is 0. The largest absolute Gasteiger partial charge is 0.306 e. The van der Waals surface area contributed by atoms with Crippen molar-refractivity contribution in [2.45, 2.75) is 34.1 Å². The van der Waals surface area contributed by atoms with Gasteiger partial charge in [0.25, 0.3) is 0 Å². The summed E-state index contributed by atoms with van der Waals surface area (Å²) in [4.78, 5) is 5.03. The summed E-state index contributed by atoms with van der Waals surface area (Å²) in [6, 6.07) is 0. The SMILES string of the molecule is CCN(C)CC(C)CC1CN(CC(C)C)C1. The summed E-state index contributed by atoms with van der Waals surface area (Å²) in [5.41, 5.74) is 0. The quantitative estimate of drug-likeness (QED) is 0.658. The summed E-state index contributed by atoms with van der Waals surface area (Å²) in [6.45, 7) is 15.7. The molecule has 0 spiro atoms. The second-order valence-electron chi connectivity index (χ2n) is 6.17. The molecule has 2 nitrogen and oxygen atoms in total. The predicted molar refractivity (Wildman–Crippen MR) is 71.7 cm³/mol. The van der Waals surface area contributed by atoms with Gasteiger partial charge in [0.1, 0.15) is 0 Å². The Morgan fingerprint density at radius 1 is 1.25 bits per heavy atom. The molecule has 2 heteroatoms. The number of hydrogen-bond acceptors (Lipinski definition) is 2. The van der Waals surface area contributed by atoms with Gasteiger partial charge >= 0.3 is 0 Å². The molecule has 1 heterocycles. The Labute approximate surface area is 102 Å². The van der Waals surface area contributed by atoms with Crippen LogP contribution in [0.2, 0.25) is 0 Å². The van der Waals surface area contributed by atoms with Gasteiger partial charge in [0.2, 0.25) is 0 Å². The molecule has 1 saturated heterocycles. The van der Waals surface area contributed by atoms with Crippen LogP contribution in [0.25, 0.3) is 0 Å². The van der Waals surface area contributed by atoms with E-state index in [1.165, 1.54) is 39.1 Å². The van der Waals surface area contributed by atoms with E-state index in [-0.39, 0.29) is 0 Å². The number of likely N-dealkylation sites (tertiary alicyclic amines) is 1. The van der Waals surface area contributed by atoms with E-state index in [9.17, 15) is 0 Å². The van der Waals surface area contributed by atoms with E-state index in [2.05, 4.69) is 44.5 Å². The third kappa shape index (κ3) is 4.84. The molecule has 0 aliphatic carbocycles. The Balaban J connectivity index is 2.07. The molecule has 1 atom stereocenters. The molecule has 0 radical (unpaired) electrons. The van der Waals surface area contributed by atoms with Crippen LogP contribution in [0.5, 0.6) is 0 Å². The van der Waals surface area contributed by atoms with Gasteiger partial charge in [-0.15, -0.1) is 0 Å². The third-order valence-corrected chi connectivity index (χ3v) is 3.56. The highest BCUT2D eigenvalue weighted by atomic mass is 15.2. The van der Waals surface area contributed by atoms with Crippen LogP contribution in [0.4, 0.5) is 0 Å². The molecule has 0 N–H and O–H groups in total. The second kappa shape index (κ2) is 6.61. The number of hydrogen-bond donors (Lipinski definition) is 0. The zero-order valence-electron chi connectivity index (χ0n) is 11.9. The van der Waals surface area contributed by atoms with Gasteiger partial charge in [-0.3, -0.25) is 0 Å². The van der Waals surface area contributed by atoms with Crippen molar-refractivity contribution in [1.29, 1.82) is 0 Å². The summed E-state index contributed by atoms with van der Waals surface area (Å²) >= 11 is 0. The van der Waals surface area contributed by atoms with Crippen molar-refractivity contribution >= 4 is 0 Å². The van der Waals surface area contributed by atoms with Crippen molar-refractivity contribution in [3.63, 3.8) is 0 Å². The van der Waals surface area contributed by atoms with Gasteiger partial charge in [-0.25, -0.2) is 0 Å². The third-order valence-electron chi connectivity index (χ3n) is 3.56. The van der Waals surface area contributed by atoms with Gasteiger partial charge < -0.3 is 9.80 Å². The van der Waals surface area contributed by atoms with E-state index < -0.39 is 0 Å². The standard InChI is InChI=1S/C14H30N2/c1-6-15(5)9-13(4)7-14-10-16(11-14)8-12(2)3/h12-14H,6-11H2,1-5H3. The summed E-state index contributed by atoms with van der Waals surface area (Å²) in [6.07, 6.45) is 1.42. The van der Waals surface area contributed by atoms with Crippen LogP contribution in [0, 0.1) is 17.8 Å². The van der Waals surface area contributed by atoms with Crippen molar-refractivity contribution in [3.8, 4) is 0 Å². The first-order chi connectivity index (χ1) is 7.51. The molecule has 0 amide bonds. The molecular weight excluding hydrogens is 196 g/mol. The van der Waals surface area contributed by atoms with Crippen molar-refractivity contribution in [3.05, 3.63) is 0 Å². The lowest BCUT2D eigenvalue weighted by molar-refractivity contribution is 0.0681. The minimum atomic E-state index is 0.824. The summed E-state index contributed by atoms with van der Waals surface area (Å²) in [5, 5.41) is 0. The average molecular weight is 226 g/mol. The fourth-order valence-corrected chi connectivity index (χ4v) is 2.80. The van der Waals surface area contributed by atoms with E-state index in [0.29, 0.717) is 0 Å². The first kappa shape index (κ1) is 14.0. The van der Waals surface area contributed by atoms with Gasteiger partial charge in [-0.05, 0) is 37.8 Å². The molecule has 0 bridgehead atoms. The molecular formula is C14H30N2. The molecule has 1 unspecified atom stereocenters. The molecule has 96 valence electrons. The fourth-order valence-electron chi connectivity index (χ4n) is 2.80. The van der Waals surface area contributed by atoms with E-state index in [0.717, 1.165) is 17.8 Å². The van der Waals surface area contributed by atoms with Gasteiger partial charge in [-0.2, -0.15) is 0 Å². The van der Waals surface area contributed by atoms with E-state index >= 15 is 0 Å². The molecule has 16 heavy (non-hydrogen) atoms. The Bertz CT molecular complexity index is 185. The number of nitrogens with zero attached hydrogens (tertiary/aromatic N) is 2. The van der Waals surface area contributed by atoms with E-state index in [1.807, 2.05) is 0 Å². The molecule has 0 aromatic rings. The van der Waals surface area contributed by atoms with Crippen LogP contribution < -0.4 is 0 Å². The van der Waals surface area contributed by atoms with Crippen LogP contribution in [0.1, 0.15) is 34.1 Å². The van der Waals surface area contributed by atoms with Crippen LogP contribution in [-0.4, -0.2) is 49.6 Å². The van der Waals surface area contributed by atoms with Crippen LogP contribution >= 0.6 is 0 Å². The van der Waals surface area contributed by atoms with Gasteiger partial charge in [0.05, 0.1) is 0 Å². The summed E-state index contributed by atoms with van der Waals surface area (Å²) in [5.74, 6) is 2.65. The minimum Gasteiger partial charge on any atom is -0.306 e. The maximum Gasteiger partial charge on any atom is 0.00222 e. The van der Waals surface area contributed by atoms with Crippen molar-refractivity contribution < 1.29 is 0 Å². The fraction of sp³-hybridized carbons (Fsp3) is 1.00. The maximum atomic E-state index is 2.60. The second-order valence-corrected chi connectivity index (χ2v) is 6.17.